The number of aromatic nitrogens is 1. The number of ether oxygens (including phenoxy) is 1. The van der Waals surface area contributed by atoms with Crippen molar-refractivity contribution in [1.82, 2.24) is 14.8 Å². The number of amides is 2. The fourth-order valence-corrected chi connectivity index (χ4v) is 5.62. The lowest BCUT2D eigenvalue weighted by atomic mass is 9.91. The van der Waals surface area contributed by atoms with E-state index in [-0.39, 0.29) is 36.2 Å². The number of carbonyl (C=O) groups excluding carboxylic acids is 2. The van der Waals surface area contributed by atoms with Crippen LogP contribution in [0.5, 0.6) is 0 Å². The van der Waals surface area contributed by atoms with Crippen LogP contribution in [0.15, 0.2) is 60.8 Å². The first-order valence-corrected chi connectivity index (χ1v) is 14.8. The number of halogens is 2. The van der Waals surface area contributed by atoms with Crippen LogP contribution >= 0.6 is 0 Å². The van der Waals surface area contributed by atoms with Gasteiger partial charge in [0.1, 0.15) is 23.3 Å². The number of nitrogens with one attached hydrogen (secondary N) is 1. The zero-order chi connectivity index (χ0) is 32.7. The van der Waals surface area contributed by atoms with Crippen molar-refractivity contribution in [1.29, 1.82) is 5.26 Å². The number of alkyl carbamates (subject to hydrolysis) is 1. The molecule has 4 aromatic rings. The van der Waals surface area contributed by atoms with E-state index < -0.39 is 28.9 Å². The number of hydrogen-bond donors (Lipinski definition) is 2. The SMILES string of the molecule is CC(C)(O)Cn1ccc2cc(-c3ccc(C(=O)N4CCC(NC(=O)OC(C)(C)C)C4)cc3-c3ccc(C#N)c(F)c3)c(F)cc21. The van der Waals surface area contributed by atoms with Gasteiger partial charge in [-0.1, -0.05) is 12.1 Å². The van der Waals surface area contributed by atoms with Crippen LogP contribution in [-0.4, -0.2) is 56.9 Å². The summed E-state index contributed by atoms with van der Waals surface area (Å²) in [5, 5.41) is 23.1. The van der Waals surface area contributed by atoms with Crippen molar-refractivity contribution in [2.24, 2.45) is 0 Å². The highest BCUT2D eigenvalue weighted by Gasteiger charge is 2.30. The Balaban J connectivity index is 1.51. The first-order chi connectivity index (χ1) is 21.1. The third-order valence-electron chi connectivity index (χ3n) is 7.57. The van der Waals surface area contributed by atoms with E-state index in [4.69, 9.17) is 4.74 Å². The minimum atomic E-state index is -1.00. The Morgan fingerprint density at radius 3 is 2.42 bits per heavy atom. The average molecular weight is 615 g/mol. The molecule has 1 saturated heterocycles. The van der Waals surface area contributed by atoms with Crippen LogP contribution in [0.1, 0.15) is 57.0 Å². The first-order valence-electron chi connectivity index (χ1n) is 14.8. The van der Waals surface area contributed by atoms with Crippen molar-refractivity contribution < 1.29 is 28.2 Å². The van der Waals surface area contributed by atoms with Gasteiger partial charge in [-0.15, -0.1) is 0 Å². The Morgan fingerprint density at radius 1 is 1.00 bits per heavy atom. The van der Waals surface area contributed by atoms with Crippen molar-refractivity contribution in [2.75, 3.05) is 13.1 Å². The molecule has 234 valence electrons. The normalized spacial score (nSPS) is 15.3. The average Bonchev–Trinajstić information content (AvgIpc) is 3.56. The number of carbonyl (C=O) groups is 2. The highest BCUT2D eigenvalue weighted by atomic mass is 19.1. The Hall–Kier alpha value is -4.75. The van der Waals surface area contributed by atoms with Gasteiger partial charge in [-0.05, 0) is 100 Å². The summed E-state index contributed by atoms with van der Waals surface area (Å²) in [4.78, 5) is 27.5. The number of rotatable bonds is 6. The van der Waals surface area contributed by atoms with Gasteiger partial charge < -0.3 is 24.6 Å². The van der Waals surface area contributed by atoms with Gasteiger partial charge in [-0.3, -0.25) is 4.79 Å². The molecule has 1 aromatic heterocycles. The van der Waals surface area contributed by atoms with Crippen LogP contribution in [0.4, 0.5) is 13.6 Å². The Labute approximate surface area is 260 Å². The fraction of sp³-hybridized carbons (Fsp3) is 0.343. The van der Waals surface area contributed by atoms with E-state index in [1.54, 1.807) is 80.6 Å². The molecule has 0 radical (unpaired) electrons. The predicted octanol–water partition coefficient (Wildman–Crippen LogP) is 6.64. The lowest BCUT2D eigenvalue weighted by Gasteiger charge is -2.22. The number of nitrogens with zero attached hydrogens (tertiary/aromatic N) is 3. The van der Waals surface area contributed by atoms with Crippen LogP contribution in [0.25, 0.3) is 33.2 Å². The minimum Gasteiger partial charge on any atom is -0.444 e. The molecule has 1 atom stereocenters. The lowest BCUT2D eigenvalue weighted by Crippen LogP contribution is -2.41. The number of benzene rings is 3. The van der Waals surface area contributed by atoms with Gasteiger partial charge in [-0.2, -0.15) is 5.26 Å². The summed E-state index contributed by atoms with van der Waals surface area (Å²) in [5.41, 5.74) is 0.634. The topological polar surface area (TPSA) is 108 Å². The zero-order valence-electron chi connectivity index (χ0n) is 25.9. The minimum absolute atomic E-state index is 0.131. The lowest BCUT2D eigenvalue weighted by molar-refractivity contribution is 0.0501. The van der Waals surface area contributed by atoms with Crippen molar-refractivity contribution in [2.45, 2.75) is 64.8 Å². The molecule has 0 saturated carbocycles. The molecular weight excluding hydrogens is 578 g/mol. The summed E-state index contributed by atoms with van der Waals surface area (Å²) in [6, 6.07) is 15.5. The summed E-state index contributed by atoms with van der Waals surface area (Å²) >= 11 is 0. The highest BCUT2D eigenvalue weighted by molar-refractivity contribution is 5.99. The van der Waals surface area contributed by atoms with Crippen molar-refractivity contribution in [3.8, 4) is 28.3 Å². The maximum Gasteiger partial charge on any atom is 0.407 e. The quantitative estimate of drug-likeness (QED) is 0.253. The first kappa shape index (κ1) is 31.7. The largest absolute Gasteiger partial charge is 0.444 e. The third-order valence-corrected chi connectivity index (χ3v) is 7.57. The molecule has 3 aromatic carbocycles. The van der Waals surface area contributed by atoms with Crippen molar-refractivity contribution in [3.63, 3.8) is 0 Å². The van der Waals surface area contributed by atoms with Gasteiger partial charge in [-0.25, -0.2) is 13.6 Å². The second kappa shape index (κ2) is 12.0. The van der Waals surface area contributed by atoms with E-state index >= 15 is 4.39 Å². The van der Waals surface area contributed by atoms with Crippen LogP contribution < -0.4 is 5.32 Å². The number of aliphatic hydroxyl groups is 1. The van der Waals surface area contributed by atoms with E-state index in [2.05, 4.69) is 5.32 Å². The smallest absolute Gasteiger partial charge is 0.407 e. The Kier molecular flexibility index (Phi) is 8.43. The maximum absolute atomic E-state index is 15.8. The molecule has 0 bridgehead atoms. The molecule has 1 unspecified atom stereocenters. The molecule has 2 amide bonds. The molecule has 5 rings (SSSR count). The predicted molar refractivity (Wildman–Crippen MR) is 167 cm³/mol. The summed E-state index contributed by atoms with van der Waals surface area (Å²) in [5.74, 6) is -1.54. The second-order valence-electron chi connectivity index (χ2n) is 13.1. The zero-order valence-corrected chi connectivity index (χ0v) is 25.9. The maximum atomic E-state index is 15.8. The molecule has 8 nitrogen and oxygen atoms in total. The van der Waals surface area contributed by atoms with Crippen LogP contribution in [0.2, 0.25) is 0 Å². The number of hydrogen-bond acceptors (Lipinski definition) is 5. The van der Waals surface area contributed by atoms with E-state index in [9.17, 15) is 24.3 Å². The molecule has 0 spiro atoms. The van der Waals surface area contributed by atoms with E-state index in [1.165, 1.54) is 18.2 Å². The summed E-state index contributed by atoms with van der Waals surface area (Å²) < 4.78 is 37.8. The Bertz CT molecular complexity index is 1830. The number of nitriles is 1. The third kappa shape index (κ3) is 7.15. The number of fused-ring (bicyclic) bond motifs is 1. The van der Waals surface area contributed by atoms with Crippen molar-refractivity contribution >= 4 is 22.9 Å². The molecule has 45 heavy (non-hydrogen) atoms. The fourth-order valence-electron chi connectivity index (χ4n) is 5.62. The molecule has 0 aliphatic carbocycles. The standard InChI is InChI=1S/C35H36F2N4O4/c1-34(2,3)45-33(43)39-25-11-13-40(19-25)32(42)23-8-9-26(27(15-23)21-6-7-24(18-38)29(36)16-21)28-14-22-10-12-41(20-35(4,5)44)31(22)17-30(28)37/h6-10,12,14-17,25,44H,11,13,19-20H2,1-5H3,(H,39,43). The monoisotopic (exact) mass is 614 g/mol. The summed E-state index contributed by atoms with van der Waals surface area (Å²) in [6.07, 6.45) is 1.78. The molecule has 2 heterocycles. The van der Waals surface area contributed by atoms with E-state index in [1.807, 2.05) is 12.1 Å². The highest BCUT2D eigenvalue weighted by Crippen LogP contribution is 2.37. The van der Waals surface area contributed by atoms with Gasteiger partial charge in [0.05, 0.1) is 29.3 Å². The molecule has 1 aliphatic rings. The van der Waals surface area contributed by atoms with E-state index in [0.717, 1.165) is 5.39 Å². The summed E-state index contributed by atoms with van der Waals surface area (Å²) in [7, 11) is 0. The van der Waals surface area contributed by atoms with Gasteiger partial charge >= 0.3 is 6.09 Å². The van der Waals surface area contributed by atoms with Crippen LogP contribution in [-0.2, 0) is 11.3 Å². The van der Waals surface area contributed by atoms with E-state index in [0.29, 0.717) is 40.7 Å². The van der Waals surface area contributed by atoms with Crippen molar-refractivity contribution in [3.05, 3.63) is 83.6 Å². The van der Waals surface area contributed by atoms with Gasteiger partial charge in [0, 0.05) is 35.8 Å². The van der Waals surface area contributed by atoms with Crippen LogP contribution in [0.3, 0.4) is 0 Å². The van der Waals surface area contributed by atoms with Gasteiger partial charge in [0.25, 0.3) is 5.91 Å². The second-order valence-corrected chi connectivity index (χ2v) is 13.1. The van der Waals surface area contributed by atoms with Gasteiger partial charge in [0.15, 0.2) is 0 Å². The molecule has 10 heteroatoms. The van der Waals surface area contributed by atoms with Gasteiger partial charge in [0.2, 0.25) is 0 Å². The molecule has 1 fully saturated rings. The molecular formula is C35H36F2N4O4. The molecule has 2 N–H and O–H groups in total. The van der Waals surface area contributed by atoms with Crippen LogP contribution in [0, 0.1) is 23.0 Å². The summed E-state index contributed by atoms with van der Waals surface area (Å²) in [6.45, 7) is 9.64. The number of likely N-dealkylation sites (tertiary alicyclic amines) is 1. The molecule has 1 aliphatic heterocycles. The Morgan fingerprint density at radius 2 is 1.76 bits per heavy atom.